The molecule has 2 aliphatic heterocycles. The van der Waals surface area contributed by atoms with E-state index in [9.17, 15) is 0 Å². The Morgan fingerprint density at radius 1 is 1.23 bits per heavy atom. The molecule has 1 aromatic heterocycles. The molecule has 1 atom stereocenters. The fraction of sp³-hybridized carbons (Fsp3) is 0.524. The molecule has 4 rings (SSSR count). The summed E-state index contributed by atoms with van der Waals surface area (Å²) in [5, 5.41) is 7.01. The lowest BCUT2D eigenvalue weighted by Crippen LogP contribution is -2.27. The number of fused-ring (bicyclic) bond motifs is 1. The summed E-state index contributed by atoms with van der Waals surface area (Å²) in [7, 11) is 0. The second kappa shape index (κ2) is 8.14. The van der Waals surface area contributed by atoms with Crippen molar-refractivity contribution in [2.45, 2.75) is 39.3 Å². The first-order chi connectivity index (χ1) is 12.8. The second-order valence-corrected chi connectivity index (χ2v) is 7.56. The van der Waals surface area contributed by atoms with Crippen molar-refractivity contribution in [2.75, 3.05) is 31.5 Å². The van der Waals surface area contributed by atoms with Gasteiger partial charge in [0, 0.05) is 31.7 Å². The minimum Gasteiger partial charge on any atom is -0.370 e. The number of nitrogens with zero attached hydrogens (tertiary/aromatic N) is 3. The van der Waals surface area contributed by atoms with Crippen LogP contribution in [-0.2, 0) is 19.5 Å². The zero-order chi connectivity index (χ0) is 17.8. The first kappa shape index (κ1) is 17.4. The standard InChI is InChI=1S/C21H29N5/c1-16-24-20-13-22-10-8-19(20)21(25-16)23-11-7-18-9-12-26(15-18)14-17-5-3-2-4-6-17/h2-6,18,22H,7-15H2,1H3,(H,23,24,25). The van der Waals surface area contributed by atoms with Crippen molar-refractivity contribution >= 4 is 5.82 Å². The molecule has 3 heterocycles. The molecule has 1 unspecified atom stereocenters. The number of aryl methyl sites for hydroxylation is 1. The molecule has 2 N–H and O–H groups in total. The Labute approximate surface area is 156 Å². The largest absolute Gasteiger partial charge is 0.370 e. The van der Waals surface area contributed by atoms with Gasteiger partial charge in [-0.15, -0.1) is 0 Å². The molecule has 26 heavy (non-hydrogen) atoms. The van der Waals surface area contributed by atoms with Crippen LogP contribution in [0.25, 0.3) is 0 Å². The number of anilines is 1. The minimum atomic E-state index is 0.784. The van der Waals surface area contributed by atoms with E-state index < -0.39 is 0 Å². The van der Waals surface area contributed by atoms with Crippen LogP contribution < -0.4 is 10.6 Å². The topological polar surface area (TPSA) is 53.1 Å². The van der Waals surface area contributed by atoms with E-state index in [1.54, 1.807) is 0 Å². The van der Waals surface area contributed by atoms with Gasteiger partial charge >= 0.3 is 0 Å². The van der Waals surface area contributed by atoms with E-state index in [0.717, 1.165) is 50.2 Å². The maximum Gasteiger partial charge on any atom is 0.133 e. The van der Waals surface area contributed by atoms with Crippen LogP contribution in [0, 0.1) is 12.8 Å². The maximum absolute atomic E-state index is 4.66. The zero-order valence-corrected chi connectivity index (χ0v) is 15.7. The molecule has 2 aromatic rings. The van der Waals surface area contributed by atoms with Gasteiger partial charge in [0.1, 0.15) is 11.6 Å². The zero-order valence-electron chi connectivity index (χ0n) is 15.7. The number of benzene rings is 1. The summed E-state index contributed by atoms with van der Waals surface area (Å²) >= 11 is 0. The summed E-state index contributed by atoms with van der Waals surface area (Å²) in [6, 6.07) is 10.8. The normalized spacial score (nSPS) is 20.1. The fourth-order valence-corrected chi connectivity index (χ4v) is 4.16. The molecule has 1 aromatic carbocycles. The summed E-state index contributed by atoms with van der Waals surface area (Å²) in [6.07, 6.45) is 3.53. The molecule has 2 aliphatic rings. The van der Waals surface area contributed by atoms with Crippen molar-refractivity contribution < 1.29 is 0 Å². The third-order valence-electron chi connectivity index (χ3n) is 5.51. The minimum absolute atomic E-state index is 0.784. The number of hydrogen-bond donors (Lipinski definition) is 2. The van der Waals surface area contributed by atoms with Gasteiger partial charge in [-0.25, -0.2) is 9.97 Å². The van der Waals surface area contributed by atoms with E-state index in [1.807, 2.05) is 6.92 Å². The van der Waals surface area contributed by atoms with Crippen LogP contribution in [0.2, 0.25) is 0 Å². The van der Waals surface area contributed by atoms with E-state index in [4.69, 9.17) is 0 Å². The summed E-state index contributed by atoms with van der Waals surface area (Å²) < 4.78 is 0. The van der Waals surface area contributed by atoms with Crippen LogP contribution in [0.5, 0.6) is 0 Å². The molecule has 0 saturated carbocycles. The van der Waals surface area contributed by atoms with Crippen LogP contribution in [0.3, 0.4) is 0 Å². The molecule has 5 nitrogen and oxygen atoms in total. The molecule has 1 saturated heterocycles. The quantitative estimate of drug-likeness (QED) is 0.838. The average Bonchev–Trinajstić information content (AvgIpc) is 3.09. The predicted molar refractivity (Wildman–Crippen MR) is 105 cm³/mol. The van der Waals surface area contributed by atoms with Crippen LogP contribution in [-0.4, -0.2) is 41.0 Å². The van der Waals surface area contributed by atoms with Gasteiger partial charge in [-0.1, -0.05) is 30.3 Å². The summed E-state index contributed by atoms with van der Waals surface area (Å²) in [5.41, 5.74) is 3.90. The highest BCUT2D eigenvalue weighted by Crippen LogP contribution is 2.23. The monoisotopic (exact) mass is 351 g/mol. The number of likely N-dealkylation sites (tertiary alicyclic amines) is 1. The van der Waals surface area contributed by atoms with Gasteiger partial charge in [0.2, 0.25) is 0 Å². The van der Waals surface area contributed by atoms with E-state index >= 15 is 0 Å². The Hall–Kier alpha value is -1.98. The van der Waals surface area contributed by atoms with E-state index in [-0.39, 0.29) is 0 Å². The van der Waals surface area contributed by atoms with E-state index in [2.05, 4.69) is 55.8 Å². The summed E-state index contributed by atoms with van der Waals surface area (Å²) in [6.45, 7) is 8.37. The van der Waals surface area contributed by atoms with Crippen LogP contribution in [0.15, 0.2) is 30.3 Å². The number of nitrogens with one attached hydrogen (secondary N) is 2. The Morgan fingerprint density at radius 3 is 3.00 bits per heavy atom. The highest BCUT2D eigenvalue weighted by molar-refractivity contribution is 5.47. The molecular formula is C21H29N5. The first-order valence-corrected chi connectivity index (χ1v) is 9.85. The predicted octanol–water partition coefficient (Wildman–Crippen LogP) is 2.75. The lowest BCUT2D eigenvalue weighted by molar-refractivity contribution is 0.314. The van der Waals surface area contributed by atoms with E-state index in [1.165, 1.54) is 42.8 Å². The second-order valence-electron chi connectivity index (χ2n) is 7.56. The average molecular weight is 351 g/mol. The Kier molecular flexibility index (Phi) is 5.46. The molecule has 0 bridgehead atoms. The lowest BCUT2D eigenvalue weighted by atomic mass is 10.0. The molecule has 5 heteroatoms. The number of hydrogen-bond acceptors (Lipinski definition) is 5. The molecule has 0 amide bonds. The highest BCUT2D eigenvalue weighted by Gasteiger charge is 2.22. The summed E-state index contributed by atoms with van der Waals surface area (Å²) in [4.78, 5) is 11.8. The first-order valence-electron chi connectivity index (χ1n) is 9.85. The Morgan fingerprint density at radius 2 is 2.12 bits per heavy atom. The maximum atomic E-state index is 4.66. The molecule has 0 spiro atoms. The van der Waals surface area contributed by atoms with Crippen molar-refractivity contribution in [3.63, 3.8) is 0 Å². The lowest BCUT2D eigenvalue weighted by Gasteiger charge is -2.20. The van der Waals surface area contributed by atoms with Crippen molar-refractivity contribution in [2.24, 2.45) is 5.92 Å². The van der Waals surface area contributed by atoms with Gasteiger partial charge in [-0.05, 0) is 50.8 Å². The van der Waals surface area contributed by atoms with Crippen molar-refractivity contribution in [1.82, 2.24) is 20.2 Å². The highest BCUT2D eigenvalue weighted by atomic mass is 15.1. The SMILES string of the molecule is Cc1nc2c(c(NCCC3CCN(Cc4ccccc4)C3)n1)CCNC2. The van der Waals surface area contributed by atoms with Crippen molar-refractivity contribution in [3.8, 4) is 0 Å². The van der Waals surface area contributed by atoms with Crippen LogP contribution in [0.1, 0.15) is 35.5 Å². The van der Waals surface area contributed by atoms with Gasteiger partial charge in [0.15, 0.2) is 0 Å². The third kappa shape index (κ3) is 4.22. The van der Waals surface area contributed by atoms with Gasteiger partial charge in [0.05, 0.1) is 5.69 Å². The number of rotatable bonds is 6. The molecule has 0 radical (unpaired) electrons. The fourth-order valence-electron chi connectivity index (χ4n) is 4.16. The van der Waals surface area contributed by atoms with Crippen molar-refractivity contribution in [1.29, 1.82) is 0 Å². The molecule has 1 fully saturated rings. The third-order valence-corrected chi connectivity index (χ3v) is 5.51. The number of aromatic nitrogens is 2. The Balaban J connectivity index is 1.27. The molecular weight excluding hydrogens is 322 g/mol. The smallest absolute Gasteiger partial charge is 0.133 e. The van der Waals surface area contributed by atoms with Gasteiger partial charge in [-0.2, -0.15) is 0 Å². The van der Waals surface area contributed by atoms with Crippen LogP contribution in [0.4, 0.5) is 5.82 Å². The van der Waals surface area contributed by atoms with Crippen LogP contribution >= 0.6 is 0 Å². The molecule has 0 aliphatic carbocycles. The Bertz CT molecular complexity index is 731. The van der Waals surface area contributed by atoms with Gasteiger partial charge in [0.25, 0.3) is 0 Å². The van der Waals surface area contributed by atoms with E-state index in [0.29, 0.717) is 0 Å². The van der Waals surface area contributed by atoms with Crippen molar-refractivity contribution in [3.05, 3.63) is 53.0 Å². The van der Waals surface area contributed by atoms with Gasteiger partial charge < -0.3 is 10.6 Å². The van der Waals surface area contributed by atoms with Gasteiger partial charge in [-0.3, -0.25) is 4.90 Å². The summed E-state index contributed by atoms with van der Waals surface area (Å²) in [5.74, 6) is 2.71. The molecule has 138 valence electrons.